The van der Waals surface area contributed by atoms with Crippen LogP contribution in [0.3, 0.4) is 0 Å². The number of likely N-dealkylation sites (tertiary alicyclic amines) is 1. The molecule has 3 aliphatic heterocycles. The largest absolute Gasteiger partial charge is 0.360 e. The quantitative estimate of drug-likeness (QED) is 0.788. The Morgan fingerprint density at radius 2 is 2.14 bits per heavy atom. The fourth-order valence-corrected chi connectivity index (χ4v) is 5.23. The van der Waals surface area contributed by atoms with Gasteiger partial charge in [-0.1, -0.05) is 30.4 Å². The maximum absolute atomic E-state index is 13.1. The number of halogens is 1. The van der Waals surface area contributed by atoms with Gasteiger partial charge in [0, 0.05) is 11.4 Å². The standard InChI is InChI=1S/C21H19FN2O3S/c22-14-5-3-13(4-6-14)10-23-19(25)17-16-7-8-21(27-16)12-24(20(26)18(17)21)11-15-2-1-9-28-15/h1-9,16-18H,10-12H2,(H,23,25)/t16-,17+,18-,21-/m0/s1. The van der Waals surface area contributed by atoms with Crippen molar-refractivity contribution in [1.29, 1.82) is 0 Å². The van der Waals surface area contributed by atoms with Gasteiger partial charge < -0.3 is 15.0 Å². The lowest BCUT2D eigenvalue weighted by Gasteiger charge is -2.23. The van der Waals surface area contributed by atoms with E-state index in [9.17, 15) is 14.0 Å². The number of nitrogens with one attached hydrogen (secondary N) is 1. The van der Waals surface area contributed by atoms with E-state index in [1.54, 1.807) is 28.4 Å². The Morgan fingerprint density at radius 3 is 2.89 bits per heavy atom. The van der Waals surface area contributed by atoms with Crippen molar-refractivity contribution in [2.24, 2.45) is 11.8 Å². The summed E-state index contributed by atoms with van der Waals surface area (Å²) in [5.41, 5.74) is 0.109. The number of carbonyl (C=O) groups excluding carboxylic acids is 2. The number of hydrogen-bond acceptors (Lipinski definition) is 4. The number of carbonyl (C=O) groups is 2. The van der Waals surface area contributed by atoms with Crippen molar-refractivity contribution in [1.82, 2.24) is 10.2 Å². The van der Waals surface area contributed by atoms with Gasteiger partial charge in [0.15, 0.2) is 0 Å². The number of rotatable bonds is 5. The van der Waals surface area contributed by atoms with Gasteiger partial charge >= 0.3 is 0 Å². The van der Waals surface area contributed by atoms with Crippen LogP contribution in [0.2, 0.25) is 0 Å². The Balaban J connectivity index is 1.32. The Hall–Kier alpha value is -2.51. The third kappa shape index (κ3) is 2.77. The summed E-state index contributed by atoms with van der Waals surface area (Å²) in [5.74, 6) is -1.56. The van der Waals surface area contributed by atoms with E-state index >= 15 is 0 Å². The fourth-order valence-electron chi connectivity index (χ4n) is 4.51. The van der Waals surface area contributed by atoms with Crippen LogP contribution in [0.15, 0.2) is 53.9 Å². The number of amides is 2. The molecule has 4 atom stereocenters. The molecule has 7 heteroatoms. The van der Waals surface area contributed by atoms with Gasteiger partial charge in [0.05, 0.1) is 31.0 Å². The van der Waals surface area contributed by atoms with E-state index in [0.717, 1.165) is 10.4 Å². The maximum atomic E-state index is 13.1. The SMILES string of the molecule is O=C(NCc1ccc(F)cc1)[C@@H]1[C@@H]2C=C[C@@]3(CN(Cc4cccs4)C(=O)[C@H]13)O2. The van der Waals surface area contributed by atoms with E-state index in [2.05, 4.69) is 5.32 Å². The molecular weight excluding hydrogens is 379 g/mol. The van der Waals surface area contributed by atoms with E-state index in [4.69, 9.17) is 4.74 Å². The van der Waals surface area contributed by atoms with Crippen LogP contribution < -0.4 is 5.32 Å². The molecule has 0 unspecified atom stereocenters. The summed E-state index contributed by atoms with van der Waals surface area (Å²) < 4.78 is 19.2. The second-order valence-electron chi connectivity index (χ2n) is 7.52. The molecule has 1 aromatic heterocycles. The third-order valence-corrected chi connectivity index (χ3v) is 6.65. The van der Waals surface area contributed by atoms with Gasteiger partial charge in [-0.3, -0.25) is 9.59 Å². The smallest absolute Gasteiger partial charge is 0.230 e. The first-order valence-corrected chi connectivity index (χ1v) is 10.1. The Labute approximate surface area is 165 Å². The molecule has 144 valence electrons. The van der Waals surface area contributed by atoms with Crippen molar-refractivity contribution in [3.63, 3.8) is 0 Å². The Kier molecular flexibility index (Phi) is 4.10. The van der Waals surface area contributed by atoms with Crippen LogP contribution in [0.25, 0.3) is 0 Å². The first-order chi connectivity index (χ1) is 13.6. The van der Waals surface area contributed by atoms with Gasteiger partial charge in [-0.25, -0.2) is 4.39 Å². The zero-order valence-corrected chi connectivity index (χ0v) is 15.8. The van der Waals surface area contributed by atoms with Crippen molar-refractivity contribution >= 4 is 23.2 Å². The lowest BCUT2D eigenvalue weighted by molar-refractivity contribution is -0.137. The molecule has 3 aliphatic rings. The fraction of sp³-hybridized carbons (Fsp3) is 0.333. The summed E-state index contributed by atoms with van der Waals surface area (Å²) in [6.45, 7) is 1.31. The van der Waals surface area contributed by atoms with Crippen molar-refractivity contribution in [3.05, 3.63) is 70.2 Å². The molecule has 2 saturated heterocycles. The molecule has 5 rings (SSSR count). The first-order valence-electron chi connectivity index (χ1n) is 9.26. The predicted octanol–water partition coefficient (Wildman–Crippen LogP) is 2.49. The highest BCUT2D eigenvalue weighted by molar-refractivity contribution is 7.09. The monoisotopic (exact) mass is 398 g/mol. The average Bonchev–Trinajstić information content (AvgIpc) is 3.45. The molecule has 0 aliphatic carbocycles. The number of benzene rings is 1. The summed E-state index contributed by atoms with van der Waals surface area (Å²) in [7, 11) is 0. The van der Waals surface area contributed by atoms with Crippen molar-refractivity contribution in [2.75, 3.05) is 6.54 Å². The highest BCUT2D eigenvalue weighted by atomic mass is 32.1. The minimum absolute atomic E-state index is 0.0258. The van der Waals surface area contributed by atoms with Crippen molar-refractivity contribution in [3.8, 4) is 0 Å². The maximum Gasteiger partial charge on any atom is 0.230 e. The number of thiophene rings is 1. The third-order valence-electron chi connectivity index (χ3n) is 5.79. The zero-order valence-electron chi connectivity index (χ0n) is 15.0. The van der Waals surface area contributed by atoms with Gasteiger partial charge in [-0.2, -0.15) is 0 Å². The molecule has 1 aromatic carbocycles. The van der Waals surface area contributed by atoms with Crippen LogP contribution in [-0.2, 0) is 27.4 Å². The van der Waals surface area contributed by atoms with E-state index in [1.807, 2.05) is 29.7 Å². The number of hydrogen-bond donors (Lipinski definition) is 1. The van der Waals surface area contributed by atoms with Crippen LogP contribution >= 0.6 is 11.3 Å². The number of ether oxygens (including phenoxy) is 1. The van der Waals surface area contributed by atoms with Crippen LogP contribution in [0.1, 0.15) is 10.4 Å². The summed E-state index contributed by atoms with van der Waals surface area (Å²) >= 11 is 1.61. The molecule has 1 N–H and O–H groups in total. The van der Waals surface area contributed by atoms with Crippen LogP contribution in [0, 0.1) is 17.7 Å². The highest BCUT2D eigenvalue weighted by Gasteiger charge is 2.66. The van der Waals surface area contributed by atoms with Crippen molar-refractivity contribution in [2.45, 2.75) is 24.8 Å². The zero-order chi connectivity index (χ0) is 19.3. The summed E-state index contributed by atoms with van der Waals surface area (Å²) in [6, 6.07) is 9.97. The van der Waals surface area contributed by atoms with Gasteiger partial charge in [-0.05, 0) is 29.1 Å². The lowest BCUT2D eigenvalue weighted by Crippen LogP contribution is -2.43. The van der Waals surface area contributed by atoms with Crippen LogP contribution in [0.4, 0.5) is 4.39 Å². The highest BCUT2D eigenvalue weighted by Crippen LogP contribution is 2.52. The van der Waals surface area contributed by atoms with Gasteiger partial charge in [0.25, 0.3) is 0 Å². The lowest BCUT2D eigenvalue weighted by atomic mass is 9.77. The average molecular weight is 398 g/mol. The molecule has 2 amide bonds. The van der Waals surface area contributed by atoms with E-state index in [-0.39, 0.29) is 23.7 Å². The molecule has 2 bridgehead atoms. The predicted molar refractivity (Wildman–Crippen MR) is 102 cm³/mol. The molecular formula is C21H19FN2O3S. The molecule has 2 fully saturated rings. The number of nitrogens with zero attached hydrogens (tertiary/aromatic N) is 1. The van der Waals surface area contributed by atoms with Crippen LogP contribution in [-0.4, -0.2) is 35.0 Å². The van der Waals surface area contributed by atoms with Gasteiger partial charge in [-0.15, -0.1) is 11.3 Å². The molecule has 5 nitrogen and oxygen atoms in total. The second kappa shape index (κ2) is 6.53. The molecule has 0 saturated carbocycles. The Bertz CT molecular complexity index is 943. The topological polar surface area (TPSA) is 58.6 Å². The summed E-state index contributed by atoms with van der Waals surface area (Å²) in [5, 5.41) is 4.88. The van der Waals surface area contributed by atoms with E-state index in [0.29, 0.717) is 19.6 Å². The molecule has 0 radical (unpaired) electrons. The van der Waals surface area contributed by atoms with E-state index < -0.39 is 17.4 Å². The Morgan fingerprint density at radius 1 is 1.32 bits per heavy atom. The van der Waals surface area contributed by atoms with Gasteiger partial charge in [0.1, 0.15) is 11.4 Å². The van der Waals surface area contributed by atoms with E-state index in [1.165, 1.54) is 12.1 Å². The second-order valence-corrected chi connectivity index (χ2v) is 8.55. The summed E-state index contributed by atoms with van der Waals surface area (Å²) in [6.07, 6.45) is 3.49. The molecule has 2 aromatic rings. The molecule has 4 heterocycles. The molecule has 28 heavy (non-hydrogen) atoms. The van der Waals surface area contributed by atoms with Crippen molar-refractivity contribution < 1.29 is 18.7 Å². The minimum Gasteiger partial charge on any atom is -0.360 e. The molecule has 1 spiro atoms. The normalized spacial score (nSPS) is 30.1. The summed E-state index contributed by atoms with van der Waals surface area (Å²) in [4.78, 5) is 28.9. The van der Waals surface area contributed by atoms with Gasteiger partial charge in [0.2, 0.25) is 11.8 Å². The number of fused-ring (bicyclic) bond motifs is 1. The first kappa shape index (κ1) is 17.6. The minimum atomic E-state index is -0.698. The van der Waals surface area contributed by atoms with Crippen LogP contribution in [0.5, 0.6) is 0 Å².